The third-order valence-corrected chi connectivity index (χ3v) is 7.64. The van der Waals surface area contributed by atoms with Crippen LogP contribution in [0.25, 0.3) is 10.4 Å². The lowest BCUT2D eigenvalue weighted by atomic mass is 10.1. The molecule has 1 aromatic carbocycles. The van der Waals surface area contributed by atoms with Crippen molar-refractivity contribution in [1.29, 1.82) is 0 Å². The molecule has 3 rings (SSSR count). The lowest BCUT2D eigenvalue weighted by Gasteiger charge is -2.17. The quantitative estimate of drug-likeness (QED) is 0.834. The van der Waals surface area contributed by atoms with E-state index in [9.17, 15) is 13.5 Å². The Morgan fingerprint density at radius 1 is 1.16 bits per heavy atom. The van der Waals surface area contributed by atoms with Gasteiger partial charge in [-0.25, -0.2) is 12.7 Å². The standard InChI is InChI=1S/C18H24N2O3S2/c1-19(2)25(22,23)13-15-10-20(12-17(15)21)11-16-8-9-18(24-16)14-6-4-3-5-7-14/h3-9,15,17,21H,10-13H2,1-2H3/t15-,17+/m0/s1. The van der Waals surface area contributed by atoms with Crippen molar-refractivity contribution in [2.45, 2.75) is 12.6 Å². The van der Waals surface area contributed by atoms with Gasteiger partial charge in [0.25, 0.3) is 0 Å². The predicted octanol–water partition coefficient (Wildman–Crippen LogP) is 2.10. The second kappa shape index (κ2) is 7.55. The maximum absolute atomic E-state index is 12.1. The number of thiophene rings is 1. The monoisotopic (exact) mass is 380 g/mol. The third kappa shape index (κ3) is 4.48. The summed E-state index contributed by atoms with van der Waals surface area (Å²) in [5.41, 5.74) is 1.20. The zero-order valence-electron chi connectivity index (χ0n) is 14.5. The topological polar surface area (TPSA) is 60.9 Å². The van der Waals surface area contributed by atoms with Gasteiger partial charge in [-0.1, -0.05) is 30.3 Å². The highest BCUT2D eigenvalue weighted by Gasteiger charge is 2.35. The van der Waals surface area contributed by atoms with E-state index in [0.717, 1.165) is 6.54 Å². The van der Waals surface area contributed by atoms with E-state index in [4.69, 9.17) is 0 Å². The number of aliphatic hydroxyl groups is 1. The van der Waals surface area contributed by atoms with E-state index in [1.165, 1.54) is 33.7 Å². The molecule has 2 atom stereocenters. The number of hydrogen-bond acceptors (Lipinski definition) is 5. The van der Waals surface area contributed by atoms with Gasteiger partial charge in [0.2, 0.25) is 10.0 Å². The van der Waals surface area contributed by atoms with Crippen LogP contribution in [0, 0.1) is 5.92 Å². The number of sulfonamides is 1. The first-order chi connectivity index (χ1) is 11.8. The molecule has 7 heteroatoms. The summed E-state index contributed by atoms with van der Waals surface area (Å²) in [6, 6.07) is 14.5. The summed E-state index contributed by atoms with van der Waals surface area (Å²) in [4.78, 5) is 4.59. The number of rotatable bonds is 6. The largest absolute Gasteiger partial charge is 0.391 e. The molecular weight excluding hydrogens is 356 g/mol. The zero-order chi connectivity index (χ0) is 18.0. The molecule has 1 aliphatic rings. The number of hydrogen-bond donors (Lipinski definition) is 1. The zero-order valence-corrected chi connectivity index (χ0v) is 16.1. The predicted molar refractivity (Wildman–Crippen MR) is 102 cm³/mol. The molecule has 0 aliphatic carbocycles. The molecule has 1 fully saturated rings. The Hall–Kier alpha value is -1.25. The van der Waals surface area contributed by atoms with Gasteiger partial charge in [0.1, 0.15) is 0 Å². The summed E-state index contributed by atoms with van der Waals surface area (Å²) in [5, 5.41) is 10.2. The van der Waals surface area contributed by atoms with E-state index < -0.39 is 16.1 Å². The lowest BCUT2D eigenvalue weighted by molar-refractivity contribution is 0.148. The molecule has 0 amide bonds. The Labute approximate surface area is 153 Å². The van der Waals surface area contributed by atoms with Gasteiger partial charge in [-0.3, -0.25) is 4.90 Å². The Morgan fingerprint density at radius 2 is 1.88 bits per heavy atom. The normalized spacial score (nSPS) is 21.9. The van der Waals surface area contributed by atoms with E-state index in [2.05, 4.69) is 29.2 Å². The summed E-state index contributed by atoms with van der Waals surface area (Å²) >= 11 is 1.74. The van der Waals surface area contributed by atoms with E-state index >= 15 is 0 Å². The molecule has 0 unspecified atom stereocenters. The maximum Gasteiger partial charge on any atom is 0.214 e. The van der Waals surface area contributed by atoms with Crippen molar-refractivity contribution in [3.8, 4) is 10.4 Å². The summed E-state index contributed by atoms with van der Waals surface area (Å²) in [7, 11) is -0.228. The highest BCUT2D eigenvalue weighted by molar-refractivity contribution is 7.89. The van der Waals surface area contributed by atoms with E-state index in [0.29, 0.717) is 13.1 Å². The fraction of sp³-hybridized carbons (Fsp3) is 0.444. The van der Waals surface area contributed by atoms with Gasteiger partial charge in [-0.15, -0.1) is 11.3 Å². The van der Waals surface area contributed by atoms with Crippen LogP contribution in [0.15, 0.2) is 42.5 Å². The van der Waals surface area contributed by atoms with Gasteiger partial charge in [-0.05, 0) is 17.7 Å². The lowest BCUT2D eigenvalue weighted by Crippen LogP contribution is -2.33. The molecule has 5 nitrogen and oxygen atoms in total. The highest BCUT2D eigenvalue weighted by Crippen LogP contribution is 2.30. The van der Waals surface area contributed by atoms with Crippen molar-refractivity contribution >= 4 is 21.4 Å². The number of benzene rings is 1. The van der Waals surface area contributed by atoms with Crippen molar-refractivity contribution in [3.05, 3.63) is 47.3 Å². The molecule has 2 heterocycles. The molecule has 1 N–H and O–H groups in total. The summed E-state index contributed by atoms with van der Waals surface area (Å²) in [5.74, 6) is -0.238. The molecule has 0 spiro atoms. The molecule has 1 aromatic heterocycles. The minimum Gasteiger partial charge on any atom is -0.391 e. The smallest absolute Gasteiger partial charge is 0.214 e. The van der Waals surface area contributed by atoms with Crippen molar-refractivity contribution in [3.63, 3.8) is 0 Å². The van der Waals surface area contributed by atoms with Crippen LogP contribution in [0.2, 0.25) is 0 Å². The maximum atomic E-state index is 12.1. The van der Waals surface area contributed by atoms with Crippen molar-refractivity contribution in [2.24, 2.45) is 5.92 Å². The Balaban J connectivity index is 1.62. The first-order valence-corrected chi connectivity index (χ1v) is 10.7. The Kier molecular flexibility index (Phi) is 5.60. The molecule has 1 aliphatic heterocycles. The molecule has 136 valence electrons. The van der Waals surface area contributed by atoms with Crippen LogP contribution in [0.4, 0.5) is 0 Å². The van der Waals surface area contributed by atoms with Gasteiger partial charge in [0.15, 0.2) is 0 Å². The van der Waals surface area contributed by atoms with E-state index in [1.807, 2.05) is 18.2 Å². The number of likely N-dealkylation sites (tertiary alicyclic amines) is 1. The number of β-amino-alcohol motifs (C(OH)–C–C–N with tert-alkyl or cyclic N) is 1. The molecular formula is C18H24N2O3S2. The van der Waals surface area contributed by atoms with Gasteiger partial charge in [-0.2, -0.15) is 0 Å². The highest BCUT2D eigenvalue weighted by atomic mass is 32.2. The molecule has 0 radical (unpaired) electrons. The van der Waals surface area contributed by atoms with Crippen LogP contribution in [0.3, 0.4) is 0 Å². The van der Waals surface area contributed by atoms with Crippen LogP contribution in [0.5, 0.6) is 0 Å². The molecule has 25 heavy (non-hydrogen) atoms. The first kappa shape index (κ1) is 18.5. The van der Waals surface area contributed by atoms with Crippen LogP contribution in [0.1, 0.15) is 4.88 Å². The van der Waals surface area contributed by atoms with Crippen molar-refractivity contribution in [1.82, 2.24) is 9.21 Å². The van der Waals surface area contributed by atoms with Crippen LogP contribution >= 0.6 is 11.3 Å². The average Bonchev–Trinajstić information content (AvgIpc) is 3.15. The van der Waals surface area contributed by atoms with Gasteiger partial charge in [0, 0.05) is 49.4 Å². The second-order valence-electron chi connectivity index (χ2n) is 6.71. The first-order valence-electron chi connectivity index (χ1n) is 8.30. The van der Waals surface area contributed by atoms with E-state index in [1.54, 1.807) is 11.3 Å². The molecule has 0 bridgehead atoms. The molecule has 1 saturated heterocycles. The SMILES string of the molecule is CN(C)S(=O)(=O)C[C@@H]1CN(Cc2ccc(-c3ccccc3)s2)C[C@H]1O. The summed E-state index contributed by atoms with van der Waals surface area (Å²) < 4.78 is 25.3. The second-order valence-corrected chi connectivity index (χ2v) is 10.1. The van der Waals surface area contributed by atoms with Crippen LogP contribution in [-0.2, 0) is 16.6 Å². The molecule has 2 aromatic rings. The average molecular weight is 381 g/mol. The summed E-state index contributed by atoms with van der Waals surface area (Å²) in [6.45, 7) is 1.87. The Bertz CT molecular complexity index is 803. The fourth-order valence-corrected chi connectivity index (χ4v) is 5.32. The van der Waals surface area contributed by atoms with Crippen LogP contribution in [-0.4, -0.2) is 61.8 Å². The minimum atomic E-state index is -3.29. The minimum absolute atomic E-state index is 0.00261. The van der Waals surface area contributed by atoms with Gasteiger partial charge >= 0.3 is 0 Å². The fourth-order valence-electron chi connectivity index (χ4n) is 3.09. The van der Waals surface area contributed by atoms with Crippen LogP contribution < -0.4 is 0 Å². The Morgan fingerprint density at radius 3 is 2.56 bits per heavy atom. The number of nitrogens with zero attached hydrogens (tertiary/aromatic N) is 2. The summed E-state index contributed by atoms with van der Waals surface area (Å²) in [6.07, 6.45) is -0.594. The van der Waals surface area contributed by atoms with E-state index in [-0.39, 0.29) is 11.7 Å². The molecule has 0 saturated carbocycles. The number of aliphatic hydroxyl groups excluding tert-OH is 1. The third-order valence-electron chi connectivity index (χ3n) is 4.56. The van der Waals surface area contributed by atoms with Gasteiger partial charge in [0.05, 0.1) is 11.9 Å². The van der Waals surface area contributed by atoms with Crippen molar-refractivity contribution < 1.29 is 13.5 Å². The van der Waals surface area contributed by atoms with Crippen molar-refractivity contribution in [2.75, 3.05) is 32.9 Å². The van der Waals surface area contributed by atoms with Gasteiger partial charge < -0.3 is 5.11 Å².